The highest BCUT2D eigenvalue weighted by atomic mass is 16.5. The zero-order valence-electron chi connectivity index (χ0n) is 7.17. The second-order valence-corrected chi connectivity index (χ2v) is 2.22. The van der Waals surface area contributed by atoms with Gasteiger partial charge in [-0.3, -0.25) is 4.79 Å². The molecule has 0 aliphatic carbocycles. The summed E-state index contributed by atoms with van der Waals surface area (Å²) < 4.78 is 4.99. The van der Waals surface area contributed by atoms with Crippen LogP contribution in [0.25, 0.3) is 0 Å². The van der Waals surface area contributed by atoms with Crippen molar-refractivity contribution in [1.29, 1.82) is 0 Å². The highest BCUT2D eigenvalue weighted by Crippen LogP contribution is 1.95. The predicted octanol–water partition coefficient (Wildman–Crippen LogP) is -0.560. The third-order valence-corrected chi connectivity index (χ3v) is 1.43. The van der Waals surface area contributed by atoms with Gasteiger partial charge in [0.05, 0.1) is 0 Å². The number of amides is 1. The van der Waals surface area contributed by atoms with Crippen molar-refractivity contribution in [2.75, 3.05) is 33.9 Å². The molecule has 1 heterocycles. The molecule has 2 N–H and O–H groups in total. The molecule has 0 aromatic rings. The number of carbonyl (C=O) groups is 1. The lowest BCUT2D eigenvalue weighted by molar-refractivity contribution is -0.132. The third kappa shape index (κ3) is 3.95. The molecule has 11 heavy (non-hydrogen) atoms. The van der Waals surface area contributed by atoms with Crippen LogP contribution in [0.15, 0.2) is 0 Å². The minimum absolute atomic E-state index is 0.0903. The number of ether oxygens (including phenoxy) is 1. The maximum absolute atomic E-state index is 10.8. The fourth-order valence-corrected chi connectivity index (χ4v) is 0.798. The first kappa shape index (κ1) is 10.4. The number of likely N-dealkylation sites (N-methyl/N-ethyl adjacent to an activating group) is 1. The normalized spacial score (nSPS) is 18.5. The monoisotopic (exact) mass is 160 g/mol. The quantitative estimate of drug-likeness (QED) is 0.517. The molecule has 1 aliphatic rings. The Labute approximate surface area is 67.3 Å². The van der Waals surface area contributed by atoms with E-state index >= 15 is 0 Å². The van der Waals surface area contributed by atoms with Crippen molar-refractivity contribution >= 4 is 5.91 Å². The van der Waals surface area contributed by atoms with Crippen LogP contribution in [0.1, 0.15) is 6.42 Å². The minimum Gasteiger partial charge on any atom is -0.372 e. The Morgan fingerprint density at radius 1 is 1.55 bits per heavy atom. The molecule has 1 fully saturated rings. The van der Waals surface area contributed by atoms with E-state index in [9.17, 15) is 4.79 Å². The summed E-state index contributed by atoms with van der Waals surface area (Å²) >= 11 is 0. The van der Waals surface area contributed by atoms with Gasteiger partial charge in [0.25, 0.3) is 0 Å². The average molecular weight is 160 g/mol. The van der Waals surface area contributed by atoms with Crippen LogP contribution in [0.4, 0.5) is 0 Å². The van der Waals surface area contributed by atoms with Gasteiger partial charge in [-0.05, 0) is 13.5 Å². The SMILES string of the molecule is CN.CN1CCCOCC1=O. The van der Waals surface area contributed by atoms with E-state index in [1.807, 2.05) is 0 Å². The minimum atomic E-state index is 0.0903. The van der Waals surface area contributed by atoms with Crippen molar-refractivity contribution in [3.8, 4) is 0 Å². The molecule has 4 nitrogen and oxygen atoms in total. The van der Waals surface area contributed by atoms with Crippen molar-refractivity contribution in [1.82, 2.24) is 4.90 Å². The van der Waals surface area contributed by atoms with Gasteiger partial charge in [0.1, 0.15) is 6.61 Å². The fourth-order valence-electron chi connectivity index (χ4n) is 0.798. The van der Waals surface area contributed by atoms with Crippen molar-refractivity contribution < 1.29 is 9.53 Å². The molecule has 4 heteroatoms. The first-order valence-corrected chi connectivity index (χ1v) is 3.70. The molecule has 1 saturated heterocycles. The van der Waals surface area contributed by atoms with E-state index in [1.54, 1.807) is 11.9 Å². The second kappa shape index (κ2) is 6.12. The van der Waals surface area contributed by atoms with Gasteiger partial charge in [0.15, 0.2) is 0 Å². The molecule has 0 spiro atoms. The molecule has 1 rings (SSSR count). The summed E-state index contributed by atoms with van der Waals surface area (Å²) in [5.74, 6) is 0.0903. The van der Waals surface area contributed by atoms with E-state index in [0.29, 0.717) is 0 Å². The van der Waals surface area contributed by atoms with Crippen LogP contribution in [-0.4, -0.2) is 44.7 Å². The summed E-state index contributed by atoms with van der Waals surface area (Å²) in [7, 11) is 3.30. The molecule has 0 unspecified atom stereocenters. The Hall–Kier alpha value is -0.610. The van der Waals surface area contributed by atoms with E-state index < -0.39 is 0 Å². The summed E-state index contributed by atoms with van der Waals surface area (Å²) in [5, 5.41) is 0. The highest BCUT2D eigenvalue weighted by Gasteiger charge is 2.11. The Morgan fingerprint density at radius 3 is 2.82 bits per heavy atom. The zero-order valence-corrected chi connectivity index (χ0v) is 7.17. The van der Waals surface area contributed by atoms with Crippen LogP contribution in [0.2, 0.25) is 0 Å². The molecule has 0 aromatic heterocycles. The summed E-state index contributed by atoms with van der Waals surface area (Å²) in [4.78, 5) is 12.5. The molecule has 0 bridgehead atoms. The van der Waals surface area contributed by atoms with Crippen molar-refractivity contribution in [3.63, 3.8) is 0 Å². The lowest BCUT2D eigenvalue weighted by Crippen LogP contribution is -2.28. The Morgan fingerprint density at radius 2 is 2.18 bits per heavy atom. The summed E-state index contributed by atoms with van der Waals surface area (Å²) in [6.45, 7) is 1.81. The van der Waals surface area contributed by atoms with E-state index in [-0.39, 0.29) is 12.5 Å². The van der Waals surface area contributed by atoms with Crippen LogP contribution >= 0.6 is 0 Å². The van der Waals surface area contributed by atoms with E-state index in [4.69, 9.17) is 4.74 Å². The molecule has 0 aromatic carbocycles. The maximum atomic E-state index is 10.8. The maximum Gasteiger partial charge on any atom is 0.248 e. The molecule has 1 amide bonds. The molecule has 0 saturated carbocycles. The number of nitrogens with two attached hydrogens (primary N) is 1. The van der Waals surface area contributed by atoms with E-state index in [2.05, 4.69) is 5.73 Å². The lowest BCUT2D eigenvalue weighted by atomic mass is 10.4. The molecule has 0 radical (unpaired) electrons. The first-order chi connectivity index (χ1) is 5.30. The molecular formula is C7H16N2O2. The van der Waals surface area contributed by atoms with Gasteiger partial charge in [-0.1, -0.05) is 0 Å². The van der Waals surface area contributed by atoms with Crippen LogP contribution < -0.4 is 5.73 Å². The predicted molar refractivity (Wildman–Crippen MR) is 43.2 cm³/mol. The average Bonchev–Trinajstić information content (AvgIpc) is 2.22. The Kier molecular flexibility index (Phi) is 5.78. The molecule has 1 aliphatic heterocycles. The number of carbonyl (C=O) groups excluding carboxylic acids is 1. The Balaban J connectivity index is 0.000000461. The number of hydrogen-bond donors (Lipinski definition) is 1. The number of nitrogens with zero attached hydrogens (tertiary/aromatic N) is 1. The lowest BCUT2D eigenvalue weighted by Gasteiger charge is -2.10. The van der Waals surface area contributed by atoms with Gasteiger partial charge in [-0.15, -0.1) is 0 Å². The smallest absolute Gasteiger partial charge is 0.248 e. The second-order valence-electron chi connectivity index (χ2n) is 2.22. The van der Waals surface area contributed by atoms with Crippen LogP contribution in [0, 0.1) is 0 Å². The molecule has 0 atom stereocenters. The molecule has 66 valence electrons. The number of rotatable bonds is 0. The standard InChI is InChI=1S/C6H11NO2.CH5N/c1-7-3-2-4-9-5-6(7)8;1-2/h2-5H2,1H3;2H2,1H3. The molecular weight excluding hydrogens is 144 g/mol. The van der Waals surface area contributed by atoms with Crippen molar-refractivity contribution in [3.05, 3.63) is 0 Å². The van der Waals surface area contributed by atoms with Crippen LogP contribution in [-0.2, 0) is 9.53 Å². The summed E-state index contributed by atoms with van der Waals surface area (Å²) in [6.07, 6.45) is 0.961. The van der Waals surface area contributed by atoms with E-state index in [0.717, 1.165) is 19.6 Å². The van der Waals surface area contributed by atoms with Crippen molar-refractivity contribution in [2.45, 2.75) is 6.42 Å². The highest BCUT2D eigenvalue weighted by molar-refractivity contribution is 5.77. The van der Waals surface area contributed by atoms with Crippen LogP contribution in [0.5, 0.6) is 0 Å². The Bertz CT molecular complexity index is 117. The van der Waals surface area contributed by atoms with Crippen molar-refractivity contribution in [2.24, 2.45) is 5.73 Å². The largest absolute Gasteiger partial charge is 0.372 e. The summed E-state index contributed by atoms with van der Waals surface area (Å²) in [5.41, 5.74) is 4.50. The third-order valence-electron chi connectivity index (χ3n) is 1.43. The van der Waals surface area contributed by atoms with Gasteiger partial charge in [0.2, 0.25) is 5.91 Å². The van der Waals surface area contributed by atoms with E-state index in [1.165, 1.54) is 7.05 Å². The number of hydrogen-bond acceptors (Lipinski definition) is 3. The summed E-state index contributed by atoms with van der Waals surface area (Å²) in [6, 6.07) is 0. The topological polar surface area (TPSA) is 55.6 Å². The van der Waals surface area contributed by atoms with Crippen LogP contribution in [0.3, 0.4) is 0 Å². The van der Waals surface area contributed by atoms with Gasteiger partial charge >= 0.3 is 0 Å². The van der Waals surface area contributed by atoms with Gasteiger partial charge < -0.3 is 15.4 Å². The zero-order chi connectivity index (χ0) is 8.69. The van der Waals surface area contributed by atoms with Gasteiger partial charge in [-0.2, -0.15) is 0 Å². The first-order valence-electron chi connectivity index (χ1n) is 3.70. The van der Waals surface area contributed by atoms with Gasteiger partial charge in [0, 0.05) is 20.2 Å². The fraction of sp³-hybridized carbons (Fsp3) is 0.857. The van der Waals surface area contributed by atoms with Gasteiger partial charge in [-0.25, -0.2) is 0 Å².